The molecule has 0 spiro atoms. The van der Waals surface area contributed by atoms with Gasteiger partial charge in [0.25, 0.3) is 0 Å². The first-order valence-electron chi connectivity index (χ1n) is 6.67. The second-order valence-electron chi connectivity index (χ2n) is 4.80. The third kappa shape index (κ3) is 2.57. The summed E-state index contributed by atoms with van der Waals surface area (Å²) in [6.45, 7) is 0.646. The van der Waals surface area contributed by atoms with Crippen molar-refractivity contribution in [2.75, 3.05) is 20.8 Å². The molecular weight excluding hydrogens is 269 g/mol. The van der Waals surface area contributed by atoms with Gasteiger partial charge >= 0.3 is 0 Å². The Hall–Kier alpha value is -2.49. The minimum Gasteiger partial charge on any atom is -0.493 e. The fourth-order valence-electron chi connectivity index (χ4n) is 2.45. The van der Waals surface area contributed by atoms with Crippen LogP contribution in [0.1, 0.15) is 5.56 Å². The van der Waals surface area contributed by atoms with Crippen LogP contribution < -0.4 is 9.47 Å². The number of benzene rings is 1. The third-order valence-corrected chi connectivity index (χ3v) is 3.55. The molecule has 0 aliphatic carbocycles. The summed E-state index contributed by atoms with van der Waals surface area (Å²) in [4.78, 5) is 1.87. The molecule has 0 fully saturated rings. The maximum absolute atomic E-state index is 13.2. The molecule has 1 aromatic rings. The van der Waals surface area contributed by atoms with Gasteiger partial charge in [0.1, 0.15) is 5.83 Å². The summed E-state index contributed by atoms with van der Waals surface area (Å²) in [6, 6.07) is 5.82. The molecule has 0 unspecified atom stereocenters. The molecule has 0 radical (unpaired) electrons. The number of methoxy groups -OCH3 is 2. The second-order valence-corrected chi connectivity index (χ2v) is 4.80. The van der Waals surface area contributed by atoms with Crippen molar-refractivity contribution in [2.45, 2.75) is 0 Å². The van der Waals surface area contributed by atoms with Crippen molar-refractivity contribution in [1.82, 2.24) is 4.90 Å². The Morgan fingerprint density at radius 3 is 2.67 bits per heavy atom. The summed E-state index contributed by atoms with van der Waals surface area (Å²) in [7, 11) is 3.24. The molecule has 0 saturated carbocycles. The number of ether oxygens (including phenoxy) is 2. The van der Waals surface area contributed by atoms with E-state index in [-0.39, 0.29) is 5.83 Å². The first-order chi connectivity index (χ1) is 10.2. The van der Waals surface area contributed by atoms with Gasteiger partial charge in [0.15, 0.2) is 11.5 Å². The van der Waals surface area contributed by atoms with Crippen LogP contribution in [0.2, 0.25) is 0 Å². The lowest BCUT2D eigenvalue weighted by Gasteiger charge is -2.27. The van der Waals surface area contributed by atoms with Gasteiger partial charge in [-0.05, 0) is 41.5 Å². The van der Waals surface area contributed by atoms with Crippen molar-refractivity contribution < 1.29 is 13.9 Å². The second kappa shape index (κ2) is 5.48. The smallest absolute Gasteiger partial charge is 0.161 e. The number of fused-ring (bicyclic) bond motifs is 1. The van der Waals surface area contributed by atoms with Gasteiger partial charge in [-0.3, -0.25) is 0 Å². The Bertz CT molecular complexity index is 686. The molecule has 0 aromatic heterocycles. The highest BCUT2D eigenvalue weighted by Gasteiger charge is 2.16. The van der Waals surface area contributed by atoms with Crippen LogP contribution in [0.25, 0.3) is 5.57 Å². The zero-order valence-corrected chi connectivity index (χ0v) is 12.0. The summed E-state index contributed by atoms with van der Waals surface area (Å²) >= 11 is 0. The Morgan fingerprint density at radius 1 is 1.10 bits per heavy atom. The van der Waals surface area contributed by atoms with E-state index >= 15 is 0 Å². The Morgan fingerprint density at radius 2 is 1.90 bits per heavy atom. The van der Waals surface area contributed by atoms with Crippen LogP contribution in [-0.4, -0.2) is 25.7 Å². The van der Waals surface area contributed by atoms with Gasteiger partial charge in [-0.25, -0.2) is 4.39 Å². The van der Waals surface area contributed by atoms with Crippen LogP contribution in [0.4, 0.5) is 4.39 Å². The molecule has 108 valence electrons. The van der Waals surface area contributed by atoms with E-state index < -0.39 is 0 Å². The van der Waals surface area contributed by atoms with Crippen LogP contribution in [-0.2, 0) is 0 Å². The molecule has 0 bridgehead atoms. The van der Waals surface area contributed by atoms with Gasteiger partial charge in [-0.2, -0.15) is 0 Å². The first-order valence-corrected chi connectivity index (χ1v) is 6.67. The summed E-state index contributed by atoms with van der Waals surface area (Å²) in [5.41, 5.74) is 3.11. The van der Waals surface area contributed by atoms with E-state index in [2.05, 4.69) is 6.08 Å². The minimum absolute atomic E-state index is 0.227. The van der Waals surface area contributed by atoms with Crippen LogP contribution in [0.5, 0.6) is 11.5 Å². The van der Waals surface area contributed by atoms with Crippen molar-refractivity contribution in [1.29, 1.82) is 0 Å². The monoisotopic (exact) mass is 285 g/mol. The molecule has 2 aliphatic heterocycles. The van der Waals surface area contributed by atoms with Crippen molar-refractivity contribution in [3.63, 3.8) is 0 Å². The summed E-state index contributed by atoms with van der Waals surface area (Å²) in [5, 5.41) is 0. The zero-order chi connectivity index (χ0) is 14.8. The molecule has 0 N–H and O–H groups in total. The highest BCUT2D eigenvalue weighted by molar-refractivity contribution is 5.78. The zero-order valence-electron chi connectivity index (χ0n) is 12.0. The molecule has 1 aromatic carbocycles. The van der Waals surface area contributed by atoms with Gasteiger partial charge in [-0.15, -0.1) is 0 Å². The van der Waals surface area contributed by atoms with E-state index in [0.717, 1.165) is 16.8 Å². The molecule has 3 nitrogen and oxygen atoms in total. The SMILES string of the molecule is COc1ccc(C2=CCN3C=C(F)C=CC3=C2)cc1OC. The fourth-order valence-corrected chi connectivity index (χ4v) is 2.45. The maximum atomic E-state index is 13.2. The average Bonchev–Trinajstić information content (AvgIpc) is 2.53. The van der Waals surface area contributed by atoms with Crippen molar-refractivity contribution in [3.05, 3.63) is 65.8 Å². The lowest BCUT2D eigenvalue weighted by Crippen LogP contribution is -2.21. The molecular formula is C17H16FNO2. The molecule has 0 amide bonds. The van der Waals surface area contributed by atoms with Gasteiger partial charge < -0.3 is 14.4 Å². The predicted molar refractivity (Wildman–Crippen MR) is 80.6 cm³/mol. The molecule has 0 atom stereocenters. The molecule has 3 rings (SSSR count). The Kier molecular flexibility index (Phi) is 3.52. The topological polar surface area (TPSA) is 21.7 Å². The Balaban J connectivity index is 1.93. The van der Waals surface area contributed by atoms with E-state index in [1.54, 1.807) is 20.3 Å². The molecule has 2 aliphatic rings. The number of rotatable bonds is 3. The number of halogens is 1. The van der Waals surface area contributed by atoms with Crippen LogP contribution in [0.3, 0.4) is 0 Å². The van der Waals surface area contributed by atoms with Gasteiger partial charge in [0, 0.05) is 18.4 Å². The quantitative estimate of drug-likeness (QED) is 0.846. The van der Waals surface area contributed by atoms with E-state index in [9.17, 15) is 4.39 Å². The number of allylic oxidation sites excluding steroid dienone is 5. The van der Waals surface area contributed by atoms with Crippen LogP contribution in [0, 0.1) is 0 Å². The van der Waals surface area contributed by atoms with Crippen molar-refractivity contribution in [3.8, 4) is 11.5 Å². The molecule has 21 heavy (non-hydrogen) atoms. The number of nitrogens with zero attached hydrogens (tertiary/aromatic N) is 1. The molecule has 0 saturated heterocycles. The van der Waals surface area contributed by atoms with Gasteiger partial charge in [-0.1, -0.05) is 12.1 Å². The number of hydrogen-bond donors (Lipinski definition) is 0. The minimum atomic E-state index is -0.227. The summed E-state index contributed by atoms with van der Waals surface area (Å²) in [5.74, 6) is 1.17. The lowest BCUT2D eigenvalue weighted by molar-refractivity contribution is 0.355. The third-order valence-electron chi connectivity index (χ3n) is 3.55. The van der Waals surface area contributed by atoms with Crippen LogP contribution in [0.15, 0.2) is 60.2 Å². The van der Waals surface area contributed by atoms with E-state index in [1.807, 2.05) is 29.2 Å². The number of hydrogen-bond acceptors (Lipinski definition) is 3. The normalized spacial score (nSPS) is 16.7. The standard InChI is InChI=1S/C17H16FNO2/c1-20-16-6-3-12(10-17(16)21-2)13-7-8-19-11-14(18)4-5-15(19)9-13/h3-7,9-11H,8H2,1-2H3. The summed E-state index contributed by atoms with van der Waals surface area (Å²) in [6.07, 6.45) is 8.86. The highest BCUT2D eigenvalue weighted by Crippen LogP contribution is 2.33. The van der Waals surface area contributed by atoms with Crippen LogP contribution >= 0.6 is 0 Å². The maximum Gasteiger partial charge on any atom is 0.161 e. The van der Waals surface area contributed by atoms with Gasteiger partial charge in [0.05, 0.1) is 14.2 Å². The van der Waals surface area contributed by atoms with Crippen molar-refractivity contribution >= 4 is 5.57 Å². The molecule has 2 heterocycles. The van der Waals surface area contributed by atoms with E-state index in [1.165, 1.54) is 12.3 Å². The fraction of sp³-hybridized carbons (Fsp3) is 0.176. The van der Waals surface area contributed by atoms with E-state index in [4.69, 9.17) is 9.47 Å². The predicted octanol–water partition coefficient (Wildman–Crippen LogP) is 3.67. The largest absolute Gasteiger partial charge is 0.493 e. The summed E-state index contributed by atoms with van der Waals surface area (Å²) < 4.78 is 23.8. The first kappa shape index (κ1) is 13.5. The van der Waals surface area contributed by atoms with E-state index in [0.29, 0.717) is 18.0 Å². The van der Waals surface area contributed by atoms with Crippen molar-refractivity contribution in [2.24, 2.45) is 0 Å². The average molecular weight is 285 g/mol. The lowest BCUT2D eigenvalue weighted by atomic mass is 10.00. The van der Waals surface area contributed by atoms with Gasteiger partial charge in [0.2, 0.25) is 0 Å². The Labute approximate surface area is 123 Å². The highest BCUT2D eigenvalue weighted by atomic mass is 19.1. The molecule has 4 heteroatoms.